The summed E-state index contributed by atoms with van der Waals surface area (Å²) in [6, 6.07) is 1.71. The van der Waals surface area contributed by atoms with E-state index >= 15 is 0 Å². The van der Waals surface area contributed by atoms with Gasteiger partial charge in [-0.3, -0.25) is 0 Å². The number of aromatic nitrogens is 2. The number of rotatable bonds is 7. The molecule has 6 nitrogen and oxygen atoms in total. The van der Waals surface area contributed by atoms with E-state index in [9.17, 15) is 4.79 Å². The molecule has 1 aromatic rings. The number of nitrogens with zero attached hydrogens (tertiary/aromatic N) is 2. The highest BCUT2D eigenvalue weighted by Crippen LogP contribution is 2.03. The van der Waals surface area contributed by atoms with Gasteiger partial charge in [-0.05, 0) is 18.9 Å². The first-order chi connectivity index (χ1) is 8.27. The second kappa shape index (κ2) is 7.56. The van der Waals surface area contributed by atoms with Crippen LogP contribution in [0.4, 0.5) is 5.82 Å². The molecule has 0 amide bonds. The van der Waals surface area contributed by atoms with Crippen LogP contribution in [0.25, 0.3) is 0 Å². The third-order valence-corrected chi connectivity index (χ3v) is 2.10. The van der Waals surface area contributed by atoms with E-state index in [0.29, 0.717) is 5.82 Å². The number of nitrogens with one attached hydrogen (secondary N) is 1. The van der Waals surface area contributed by atoms with Crippen molar-refractivity contribution in [1.29, 1.82) is 0 Å². The van der Waals surface area contributed by atoms with Gasteiger partial charge in [-0.1, -0.05) is 0 Å². The molecular weight excluding hydrogens is 222 g/mol. The Morgan fingerprint density at radius 2 is 2.24 bits per heavy atom. The highest BCUT2D eigenvalue weighted by Gasteiger charge is 2.08. The molecule has 1 rings (SSSR count). The Kier molecular flexibility index (Phi) is 5.95. The van der Waals surface area contributed by atoms with Gasteiger partial charge in [-0.25, -0.2) is 14.8 Å². The van der Waals surface area contributed by atoms with Gasteiger partial charge in [0.1, 0.15) is 5.82 Å². The van der Waals surface area contributed by atoms with E-state index in [0.717, 1.165) is 26.0 Å². The van der Waals surface area contributed by atoms with Crippen LogP contribution in [-0.2, 0) is 9.47 Å². The van der Waals surface area contributed by atoms with Crippen molar-refractivity contribution in [2.24, 2.45) is 0 Å². The molecule has 0 saturated carbocycles. The Labute approximate surface area is 100 Å². The molecule has 1 aromatic heterocycles. The monoisotopic (exact) mass is 239 g/mol. The zero-order chi connectivity index (χ0) is 12.5. The predicted octanol–water partition coefficient (Wildman–Crippen LogP) is 1.10. The zero-order valence-corrected chi connectivity index (χ0v) is 10.1. The topological polar surface area (TPSA) is 73.3 Å². The lowest BCUT2D eigenvalue weighted by Gasteiger charge is -2.05. The van der Waals surface area contributed by atoms with Gasteiger partial charge in [-0.15, -0.1) is 0 Å². The molecule has 1 heterocycles. The lowest BCUT2D eigenvalue weighted by molar-refractivity contribution is 0.0587. The van der Waals surface area contributed by atoms with E-state index in [-0.39, 0.29) is 5.82 Å². The summed E-state index contributed by atoms with van der Waals surface area (Å²) < 4.78 is 9.49. The van der Waals surface area contributed by atoms with Crippen molar-refractivity contribution in [2.45, 2.75) is 12.8 Å². The van der Waals surface area contributed by atoms with Crippen LogP contribution in [0.3, 0.4) is 0 Å². The largest absolute Gasteiger partial charge is 0.463 e. The fourth-order valence-corrected chi connectivity index (χ4v) is 1.23. The minimum absolute atomic E-state index is 0.0643. The molecule has 0 atom stereocenters. The van der Waals surface area contributed by atoms with Gasteiger partial charge in [-0.2, -0.15) is 0 Å². The van der Waals surface area contributed by atoms with E-state index in [1.807, 2.05) is 0 Å². The number of anilines is 1. The third kappa shape index (κ3) is 4.78. The lowest BCUT2D eigenvalue weighted by Crippen LogP contribution is -2.10. The summed E-state index contributed by atoms with van der Waals surface area (Å²) >= 11 is 0. The summed E-state index contributed by atoms with van der Waals surface area (Å²) in [6.07, 6.45) is 3.49. The van der Waals surface area contributed by atoms with Gasteiger partial charge >= 0.3 is 5.97 Å². The summed E-state index contributed by atoms with van der Waals surface area (Å²) in [5, 5.41) is 3.11. The molecule has 0 bridgehead atoms. The Bertz CT molecular complexity index is 358. The van der Waals surface area contributed by atoms with Gasteiger partial charge in [0.05, 0.1) is 7.11 Å². The van der Waals surface area contributed by atoms with Crippen molar-refractivity contribution in [2.75, 3.05) is 32.7 Å². The lowest BCUT2D eigenvalue weighted by atomic mass is 10.3. The molecule has 94 valence electrons. The first-order valence-electron chi connectivity index (χ1n) is 5.42. The maximum Gasteiger partial charge on any atom is 0.376 e. The highest BCUT2D eigenvalue weighted by atomic mass is 16.5. The summed E-state index contributed by atoms with van der Waals surface area (Å²) in [5.41, 5.74) is 0. The van der Waals surface area contributed by atoms with E-state index in [1.54, 1.807) is 13.2 Å². The predicted molar refractivity (Wildman–Crippen MR) is 63.0 cm³/mol. The van der Waals surface area contributed by atoms with Crippen molar-refractivity contribution in [3.63, 3.8) is 0 Å². The summed E-state index contributed by atoms with van der Waals surface area (Å²) in [7, 11) is 2.98. The number of hydrogen-bond acceptors (Lipinski definition) is 6. The summed E-state index contributed by atoms with van der Waals surface area (Å²) in [4.78, 5) is 19.0. The van der Waals surface area contributed by atoms with Crippen molar-refractivity contribution in [3.05, 3.63) is 18.1 Å². The van der Waals surface area contributed by atoms with Crippen LogP contribution in [0.1, 0.15) is 23.5 Å². The molecule has 0 aliphatic rings. The zero-order valence-electron chi connectivity index (χ0n) is 10.1. The van der Waals surface area contributed by atoms with Crippen molar-refractivity contribution in [3.8, 4) is 0 Å². The van der Waals surface area contributed by atoms with Crippen LogP contribution in [0.2, 0.25) is 0 Å². The average Bonchev–Trinajstić information content (AvgIpc) is 2.38. The second-order valence-corrected chi connectivity index (χ2v) is 3.38. The first kappa shape index (κ1) is 13.4. The molecule has 0 saturated heterocycles. The minimum atomic E-state index is -0.534. The normalized spacial score (nSPS) is 10.0. The van der Waals surface area contributed by atoms with Gasteiger partial charge in [0.2, 0.25) is 5.82 Å². The number of unbranched alkanes of at least 4 members (excludes halogenated alkanes) is 1. The molecule has 0 unspecified atom stereocenters. The first-order valence-corrected chi connectivity index (χ1v) is 5.42. The molecule has 0 aromatic carbocycles. The van der Waals surface area contributed by atoms with Gasteiger partial charge in [0.15, 0.2) is 0 Å². The molecule has 6 heteroatoms. The van der Waals surface area contributed by atoms with Crippen LogP contribution in [0.5, 0.6) is 0 Å². The average molecular weight is 239 g/mol. The van der Waals surface area contributed by atoms with Crippen LogP contribution < -0.4 is 5.32 Å². The van der Waals surface area contributed by atoms with E-state index < -0.39 is 5.97 Å². The molecule has 0 aliphatic carbocycles. The fraction of sp³-hybridized carbons (Fsp3) is 0.545. The smallest absolute Gasteiger partial charge is 0.376 e. The molecule has 1 N–H and O–H groups in total. The number of hydrogen-bond donors (Lipinski definition) is 1. The third-order valence-electron chi connectivity index (χ3n) is 2.10. The van der Waals surface area contributed by atoms with E-state index in [1.165, 1.54) is 13.3 Å². The number of esters is 1. The summed E-state index contributed by atoms with van der Waals surface area (Å²) in [5.74, 6) is 0.153. The number of methoxy groups -OCH3 is 2. The number of carbonyl (C=O) groups is 1. The summed E-state index contributed by atoms with van der Waals surface area (Å²) in [6.45, 7) is 1.53. The van der Waals surface area contributed by atoms with Crippen molar-refractivity contribution in [1.82, 2.24) is 9.97 Å². The fourth-order valence-electron chi connectivity index (χ4n) is 1.23. The minimum Gasteiger partial charge on any atom is -0.463 e. The Morgan fingerprint density at radius 1 is 1.41 bits per heavy atom. The van der Waals surface area contributed by atoms with Gasteiger partial charge in [0.25, 0.3) is 0 Å². The Hall–Kier alpha value is -1.69. The van der Waals surface area contributed by atoms with Crippen LogP contribution in [-0.4, -0.2) is 43.3 Å². The SMILES string of the molecule is COCCCCNc1ccnc(C(=O)OC)n1. The number of ether oxygens (including phenoxy) is 2. The van der Waals surface area contributed by atoms with Crippen LogP contribution in [0, 0.1) is 0 Å². The standard InChI is InChI=1S/C11H17N3O3/c1-16-8-4-3-6-12-9-5-7-13-10(14-9)11(15)17-2/h5,7H,3-4,6,8H2,1-2H3,(H,12,13,14). The Morgan fingerprint density at radius 3 is 2.94 bits per heavy atom. The molecule has 17 heavy (non-hydrogen) atoms. The quantitative estimate of drug-likeness (QED) is 0.567. The molecule has 0 aliphatic heterocycles. The van der Waals surface area contributed by atoms with Gasteiger partial charge in [0, 0.05) is 26.5 Å². The molecule has 0 fully saturated rings. The molecule has 0 spiro atoms. The van der Waals surface area contributed by atoms with Crippen LogP contribution in [0.15, 0.2) is 12.3 Å². The Balaban J connectivity index is 2.40. The maximum absolute atomic E-state index is 11.2. The van der Waals surface area contributed by atoms with Crippen molar-refractivity contribution < 1.29 is 14.3 Å². The van der Waals surface area contributed by atoms with E-state index in [4.69, 9.17) is 4.74 Å². The maximum atomic E-state index is 11.2. The van der Waals surface area contributed by atoms with E-state index in [2.05, 4.69) is 20.0 Å². The van der Waals surface area contributed by atoms with Crippen molar-refractivity contribution >= 4 is 11.8 Å². The highest BCUT2D eigenvalue weighted by molar-refractivity contribution is 5.85. The number of carbonyl (C=O) groups excluding carboxylic acids is 1. The van der Waals surface area contributed by atoms with Crippen LogP contribution >= 0.6 is 0 Å². The molecular formula is C11H17N3O3. The van der Waals surface area contributed by atoms with Gasteiger partial charge < -0.3 is 14.8 Å². The second-order valence-electron chi connectivity index (χ2n) is 3.38. The molecule has 0 radical (unpaired) electrons.